The molecule has 0 fully saturated rings. The lowest BCUT2D eigenvalue weighted by molar-refractivity contribution is -0.136. The van der Waals surface area contributed by atoms with Crippen molar-refractivity contribution in [2.24, 2.45) is 0 Å². The molecular weight excluding hydrogens is 246 g/mol. The molecule has 0 saturated carbocycles. The van der Waals surface area contributed by atoms with Gasteiger partial charge >= 0.3 is 11.8 Å². The third-order valence-corrected chi connectivity index (χ3v) is 2.20. The number of nitrogens with one attached hydrogen (secondary N) is 2. The molecule has 2 N–H and O–H groups in total. The monoisotopic (exact) mass is 257 g/mol. The fourth-order valence-corrected chi connectivity index (χ4v) is 1.29. The quantitative estimate of drug-likeness (QED) is 0.761. The highest BCUT2D eigenvalue weighted by Crippen LogP contribution is 1.96. The molecule has 7 nitrogen and oxygen atoms in total. The number of pyridine rings is 1. The van der Waals surface area contributed by atoms with Crippen molar-refractivity contribution in [1.82, 2.24) is 20.3 Å². The maximum Gasteiger partial charge on any atom is 0.316 e. The van der Waals surface area contributed by atoms with Crippen LogP contribution >= 0.6 is 0 Å². The molecule has 7 heteroatoms. The molecule has 0 bridgehead atoms. The standard InChI is InChI=1S/C12H11N5O2/c18-10(16-8-9-2-6-13-7-3-9)11(19)17-12-14-4-1-5-15-12/h1-7H,8H2,(H,16,18)(H,14,15,17,19). The Bertz CT molecular complexity index is 559. The molecule has 0 aliphatic rings. The van der Waals surface area contributed by atoms with Crippen molar-refractivity contribution in [1.29, 1.82) is 0 Å². The van der Waals surface area contributed by atoms with Gasteiger partial charge in [-0.15, -0.1) is 0 Å². The topological polar surface area (TPSA) is 96.9 Å². The van der Waals surface area contributed by atoms with E-state index in [0.29, 0.717) is 0 Å². The van der Waals surface area contributed by atoms with Gasteiger partial charge in [0.15, 0.2) is 0 Å². The SMILES string of the molecule is O=C(NCc1ccncc1)C(=O)Nc1ncccn1. The third kappa shape index (κ3) is 3.84. The first kappa shape index (κ1) is 12.6. The van der Waals surface area contributed by atoms with Gasteiger partial charge in [-0.1, -0.05) is 0 Å². The minimum atomic E-state index is -0.805. The van der Waals surface area contributed by atoms with E-state index in [0.717, 1.165) is 5.56 Å². The van der Waals surface area contributed by atoms with E-state index >= 15 is 0 Å². The molecule has 19 heavy (non-hydrogen) atoms. The number of carbonyl (C=O) groups excluding carboxylic acids is 2. The Morgan fingerprint density at radius 2 is 1.68 bits per heavy atom. The summed E-state index contributed by atoms with van der Waals surface area (Å²) in [5.41, 5.74) is 0.854. The number of hydrogen-bond acceptors (Lipinski definition) is 5. The molecule has 0 unspecified atom stereocenters. The Morgan fingerprint density at radius 1 is 1.00 bits per heavy atom. The van der Waals surface area contributed by atoms with E-state index < -0.39 is 11.8 Å². The number of anilines is 1. The highest BCUT2D eigenvalue weighted by atomic mass is 16.2. The van der Waals surface area contributed by atoms with Gasteiger partial charge in [0.05, 0.1) is 0 Å². The number of aromatic nitrogens is 3. The van der Waals surface area contributed by atoms with E-state index in [2.05, 4.69) is 25.6 Å². The molecule has 0 aromatic carbocycles. The Kier molecular flexibility index (Phi) is 4.12. The van der Waals surface area contributed by atoms with Crippen molar-refractivity contribution in [3.8, 4) is 0 Å². The second-order valence-electron chi connectivity index (χ2n) is 3.56. The van der Waals surface area contributed by atoms with Crippen LogP contribution in [0.1, 0.15) is 5.56 Å². The molecule has 0 aliphatic carbocycles. The van der Waals surface area contributed by atoms with E-state index in [1.807, 2.05) is 0 Å². The molecule has 2 aromatic rings. The molecule has 2 aromatic heterocycles. The summed E-state index contributed by atoms with van der Waals surface area (Å²) in [4.78, 5) is 34.5. The fourth-order valence-electron chi connectivity index (χ4n) is 1.29. The third-order valence-electron chi connectivity index (χ3n) is 2.20. The maximum atomic E-state index is 11.5. The van der Waals surface area contributed by atoms with Crippen molar-refractivity contribution in [2.75, 3.05) is 5.32 Å². The zero-order valence-electron chi connectivity index (χ0n) is 9.91. The summed E-state index contributed by atoms with van der Waals surface area (Å²) in [6.07, 6.45) is 6.16. The van der Waals surface area contributed by atoms with Crippen LogP contribution in [0.25, 0.3) is 0 Å². The van der Waals surface area contributed by atoms with Crippen LogP contribution in [0, 0.1) is 0 Å². The van der Waals surface area contributed by atoms with Crippen molar-refractivity contribution >= 4 is 17.8 Å². The second-order valence-corrected chi connectivity index (χ2v) is 3.56. The van der Waals surface area contributed by atoms with Crippen molar-refractivity contribution in [2.45, 2.75) is 6.54 Å². The first-order valence-electron chi connectivity index (χ1n) is 5.51. The first-order chi connectivity index (χ1) is 9.25. The van der Waals surface area contributed by atoms with Gasteiger partial charge in [-0.2, -0.15) is 0 Å². The number of rotatable bonds is 3. The Morgan fingerprint density at radius 3 is 2.37 bits per heavy atom. The highest BCUT2D eigenvalue weighted by Gasteiger charge is 2.14. The van der Waals surface area contributed by atoms with Gasteiger partial charge in [0.1, 0.15) is 0 Å². The van der Waals surface area contributed by atoms with Crippen LogP contribution in [0.15, 0.2) is 43.0 Å². The van der Waals surface area contributed by atoms with Crippen LogP contribution in [0.5, 0.6) is 0 Å². The van der Waals surface area contributed by atoms with Crippen LogP contribution in [0.3, 0.4) is 0 Å². The van der Waals surface area contributed by atoms with Crippen LogP contribution < -0.4 is 10.6 Å². The zero-order chi connectivity index (χ0) is 13.5. The molecule has 0 saturated heterocycles. The van der Waals surface area contributed by atoms with Gasteiger partial charge in [0.2, 0.25) is 5.95 Å². The van der Waals surface area contributed by atoms with Crippen molar-refractivity contribution in [3.63, 3.8) is 0 Å². The largest absolute Gasteiger partial charge is 0.344 e. The molecule has 2 amide bonds. The summed E-state index contributed by atoms with van der Waals surface area (Å²) >= 11 is 0. The molecule has 2 rings (SSSR count). The second kappa shape index (κ2) is 6.20. The minimum Gasteiger partial charge on any atom is -0.344 e. The van der Waals surface area contributed by atoms with E-state index in [1.165, 1.54) is 12.4 Å². The van der Waals surface area contributed by atoms with E-state index in [9.17, 15) is 9.59 Å². The summed E-state index contributed by atoms with van der Waals surface area (Å²) in [6.45, 7) is 0.254. The van der Waals surface area contributed by atoms with Gasteiger partial charge < -0.3 is 5.32 Å². The molecule has 0 radical (unpaired) electrons. The van der Waals surface area contributed by atoms with Crippen LogP contribution in [-0.4, -0.2) is 26.8 Å². The van der Waals surface area contributed by atoms with E-state index in [4.69, 9.17) is 0 Å². The predicted octanol–water partition coefficient (Wildman–Crippen LogP) is 0.126. The van der Waals surface area contributed by atoms with Crippen LogP contribution in [-0.2, 0) is 16.1 Å². The molecular formula is C12H11N5O2. The average molecular weight is 257 g/mol. The van der Waals surface area contributed by atoms with Crippen LogP contribution in [0.4, 0.5) is 5.95 Å². The zero-order valence-corrected chi connectivity index (χ0v) is 9.91. The normalized spacial score (nSPS) is 9.68. The minimum absolute atomic E-state index is 0.0894. The van der Waals surface area contributed by atoms with Gasteiger partial charge in [0, 0.05) is 31.3 Å². The lowest BCUT2D eigenvalue weighted by Crippen LogP contribution is -2.35. The maximum absolute atomic E-state index is 11.5. The van der Waals surface area contributed by atoms with Gasteiger partial charge in [-0.05, 0) is 23.8 Å². The van der Waals surface area contributed by atoms with Gasteiger partial charge in [-0.25, -0.2) is 9.97 Å². The fraction of sp³-hybridized carbons (Fsp3) is 0.0833. The van der Waals surface area contributed by atoms with E-state index in [-0.39, 0.29) is 12.5 Å². The van der Waals surface area contributed by atoms with Crippen LogP contribution in [0.2, 0.25) is 0 Å². The number of nitrogens with zero attached hydrogens (tertiary/aromatic N) is 3. The first-order valence-corrected chi connectivity index (χ1v) is 5.51. The van der Waals surface area contributed by atoms with Crippen molar-refractivity contribution in [3.05, 3.63) is 48.5 Å². The Labute approximate surface area is 109 Å². The Balaban J connectivity index is 1.85. The summed E-state index contributed by atoms with van der Waals surface area (Å²) in [6, 6.07) is 5.11. The lowest BCUT2D eigenvalue weighted by Gasteiger charge is -2.05. The number of carbonyl (C=O) groups is 2. The molecule has 0 spiro atoms. The van der Waals surface area contributed by atoms with Gasteiger partial charge in [0.25, 0.3) is 0 Å². The molecule has 96 valence electrons. The Hall–Kier alpha value is -2.83. The summed E-state index contributed by atoms with van der Waals surface area (Å²) in [7, 11) is 0. The predicted molar refractivity (Wildman–Crippen MR) is 66.7 cm³/mol. The summed E-state index contributed by atoms with van der Waals surface area (Å²) in [5, 5.41) is 4.78. The molecule has 0 aliphatic heterocycles. The molecule has 2 heterocycles. The number of amides is 2. The number of hydrogen-bond donors (Lipinski definition) is 2. The average Bonchev–Trinajstić information content (AvgIpc) is 2.47. The van der Waals surface area contributed by atoms with Gasteiger partial charge in [-0.3, -0.25) is 19.9 Å². The lowest BCUT2D eigenvalue weighted by atomic mass is 10.3. The summed E-state index contributed by atoms with van der Waals surface area (Å²) in [5.74, 6) is -1.46. The molecule has 0 atom stereocenters. The van der Waals surface area contributed by atoms with E-state index in [1.54, 1.807) is 30.6 Å². The van der Waals surface area contributed by atoms with Crippen molar-refractivity contribution < 1.29 is 9.59 Å². The smallest absolute Gasteiger partial charge is 0.316 e. The highest BCUT2D eigenvalue weighted by molar-refractivity contribution is 6.39. The summed E-state index contributed by atoms with van der Waals surface area (Å²) < 4.78 is 0.